The van der Waals surface area contributed by atoms with E-state index in [1.165, 1.54) is 12.8 Å². The lowest BCUT2D eigenvalue weighted by molar-refractivity contribution is 0.229. The van der Waals surface area contributed by atoms with E-state index in [2.05, 4.69) is 15.1 Å². The van der Waals surface area contributed by atoms with Crippen LogP contribution in [0, 0.1) is 5.92 Å². The van der Waals surface area contributed by atoms with Gasteiger partial charge in [-0.2, -0.15) is 10.2 Å². The van der Waals surface area contributed by atoms with E-state index in [9.17, 15) is 4.79 Å². The number of benzene rings is 1. The summed E-state index contributed by atoms with van der Waals surface area (Å²) < 4.78 is 1.96. The fraction of sp³-hybridized carbons (Fsp3) is 0.429. The van der Waals surface area contributed by atoms with Crippen LogP contribution in [0.2, 0.25) is 0 Å². The van der Waals surface area contributed by atoms with Gasteiger partial charge in [-0.3, -0.25) is 14.3 Å². The minimum absolute atomic E-state index is 0.105. The standard InChI is InChI=1S/C21H23N5O/c27-21-17-6-1-2-7-18(17)23-20(26(21)13-15-9-10-15)19-8-4-12-25(19)14-16-5-3-11-22-24-16/h1-3,5-7,11,15,19H,4,8-10,12-14H2. The summed E-state index contributed by atoms with van der Waals surface area (Å²) in [6.45, 7) is 2.53. The second kappa shape index (κ2) is 6.85. The van der Waals surface area contributed by atoms with Crippen LogP contribution >= 0.6 is 0 Å². The van der Waals surface area contributed by atoms with Crippen molar-refractivity contribution in [2.45, 2.75) is 44.8 Å². The van der Waals surface area contributed by atoms with E-state index in [1.54, 1.807) is 6.20 Å². The van der Waals surface area contributed by atoms with Crippen molar-refractivity contribution in [2.75, 3.05) is 6.54 Å². The summed E-state index contributed by atoms with van der Waals surface area (Å²) in [5.41, 5.74) is 1.87. The van der Waals surface area contributed by atoms with Crippen molar-refractivity contribution >= 4 is 10.9 Å². The van der Waals surface area contributed by atoms with Gasteiger partial charge in [0.25, 0.3) is 5.56 Å². The van der Waals surface area contributed by atoms with Crippen LogP contribution in [0.3, 0.4) is 0 Å². The lowest BCUT2D eigenvalue weighted by Gasteiger charge is -2.26. The topological polar surface area (TPSA) is 63.9 Å². The van der Waals surface area contributed by atoms with Crippen molar-refractivity contribution in [3.8, 4) is 0 Å². The molecule has 6 heteroatoms. The van der Waals surface area contributed by atoms with Crippen molar-refractivity contribution in [1.29, 1.82) is 0 Å². The SMILES string of the molecule is O=c1c2ccccc2nc(C2CCCN2Cc2cccnn2)n1CC1CC1. The van der Waals surface area contributed by atoms with E-state index in [-0.39, 0.29) is 11.6 Å². The lowest BCUT2D eigenvalue weighted by atomic mass is 10.1. The third-order valence-corrected chi connectivity index (χ3v) is 5.68. The quantitative estimate of drug-likeness (QED) is 0.699. The van der Waals surface area contributed by atoms with Gasteiger partial charge in [0.15, 0.2) is 0 Å². The second-order valence-corrected chi connectivity index (χ2v) is 7.69. The average molecular weight is 361 g/mol. The minimum atomic E-state index is 0.105. The molecule has 6 nitrogen and oxygen atoms in total. The van der Waals surface area contributed by atoms with E-state index in [0.717, 1.165) is 54.9 Å². The van der Waals surface area contributed by atoms with Gasteiger partial charge < -0.3 is 0 Å². The third-order valence-electron chi connectivity index (χ3n) is 5.68. The van der Waals surface area contributed by atoms with Crippen LogP contribution in [0.25, 0.3) is 10.9 Å². The predicted molar refractivity (Wildman–Crippen MR) is 103 cm³/mol. The van der Waals surface area contributed by atoms with Gasteiger partial charge in [-0.25, -0.2) is 4.98 Å². The molecule has 2 fully saturated rings. The first kappa shape index (κ1) is 16.6. The zero-order valence-electron chi connectivity index (χ0n) is 15.3. The van der Waals surface area contributed by atoms with Crippen LogP contribution < -0.4 is 5.56 Å². The van der Waals surface area contributed by atoms with Crippen molar-refractivity contribution in [3.63, 3.8) is 0 Å². The number of para-hydroxylation sites is 1. The van der Waals surface area contributed by atoms with Gasteiger partial charge in [0.1, 0.15) is 5.82 Å². The van der Waals surface area contributed by atoms with Gasteiger partial charge >= 0.3 is 0 Å². The minimum Gasteiger partial charge on any atom is -0.295 e. The van der Waals surface area contributed by atoms with Gasteiger partial charge in [0.2, 0.25) is 0 Å². The van der Waals surface area contributed by atoms with Crippen molar-refractivity contribution in [2.24, 2.45) is 5.92 Å². The van der Waals surface area contributed by atoms with Crippen LogP contribution in [-0.4, -0.2) is 31.2 Å². The van der Waals surface area contributed by atoms with Crippen LogP contribution in [0.5, 0.6) is 0 Å². The molecule has 27 heavy (non-hydrogen) atoms. The number of nitrogens with zero attached hydrogens (tertiary/aromatic N) is 5. The smallest absolute Gasteiger partial charge is 0.261 e. The Labute approximate surface area is 157 Å². The molecule has 1 aliphatic heterocycles. The molecule has 0 bridgehead atoms. The molecule has 2 aliphatic rings. The fourth-order valence-corrected chi connectivity index (χ4v) is 4.11. The molecule has 138 valence electrons. The Kier molecular flexibility index (Phi) is 4.20. The third kappa shape index (κ3) is 3.25. The van der Waals surface area contributed by atoms with E-state index in [4.69, 9.17) is 4.98 Å². The van der Waals surface area contributed by atoms with Gasteiger partial charge in [-0.05, 0) is 62.4 Å². The Bertz CT molecular complexity index is 1010. The first-order valence-electron chi connectivity index (χ1n) is 9.80. The van der Waals surface area contributed by atoms with Crippen LogP contribution in [0.1, 0.15) is 43.2 Å². The maximum absolute atomic E-state index is 13.2. The van der Waals surface area contributed by atoms with Crippen LogP contribution in [0.4, 0.5) is 0 Å². The predicted octanol–water partition coefficient (Wildman–Crippen LogP) is 2.93. The van der Waals surface area contributed by atoms with E-state index >= 15 is 0 Å². The molecular formula is C21H23N5O. The zero-order chi connectivity index (χ0) is 18.2. The molecule has 1 saturated carbocycles. The maximum Gasteiger partial charge on any atom is 0.261 e. The number of hydrogen-bond acceptors (Lipinski definition) is 5. The Morgan fingerprint density at radius 1 is 1.07 bits per heavy atom. The monoisotopic (exact) mass is 361 g/mol. The number of rotatable bonds is 5. The van der Waals surface area contributed by atoms with E-state index in [1.807, 2.05) is 41.0 Å². The summed E-state index contributed by atoms with van der Waals surface area (Å²) in [7, 11) is 0. The normalized spacial score (nSPS) is 20.4. The molecule has 0 radical (unpaired) electrons. The Hall–Kier alpha value is -2.60. The molecule has 1 aromatic carbocycles. The molecule has 0 spiro atoms. The summed E-state index contributed by atoms with van der Waals surface area (Å²) in [5.74, 6) is 1.55. The Morgan fingerprint density at radius 2 is 1.96 bits per heavy atom. The molecule has 0 amide bonds. The molecule has 1 aliphatic carbocycles. The van der Waals surface area contributed by atoms with Gasteiger partial charge in [-0.1, -0.05) is 12.1 Å². The number of fused-ring (bicyclic) bond motifs is 1. The van der Waals surface area contributed by atoms with Gasteiger partial charge in [0.05, 0.1) is 22.6 Å². The highest BCUT2D eigenvalue weighted by molar-refractivity contribution is 5.77. The molecule has 1 saturated heterocycles. The Morgan fingerprint density at radius 3 is 2.78 bits per heavy atom. The summed E-state index contributed by atoms with van der Waals surface area (Å²) in [4.78, 5) is 20.6. The molecule has 1 unspecified atom stereocenters. The highest BCUT2D eigenvalue weighted by Crippen LogP contribution is 2.35. The van der Waals surface area contributed by atoms with Gasteiger partial charge in [0, 0.05) is 19.3 Å². The first-order chi connectivity index (χ1) is 13.3. The summed E-state index contributed by atoms with van der Waals surface area (Å²) in [6.07, 6.45) is 6.26. The average Bonchev–Trinajstić information content (AvgIpc) is 3.41. The number of hydrogen-bond donors (Lipinski definition) is 0. The molecule has 0 N–H and O–H groups in total. The summed E-state index contributed by atoms with van der Waals surface area (Å²) in [6, 6.07) is 11.8. The highest BCUT2D eigenvalue weighted by Gasteiger charge is 2.32. The van der Waals surface area contributed by atoms with E-state index < -0.39 is 0 Å². The largest absolute Gasteiger partial charge is 0.295 e. The number of aromatic nitrogens is 4. The number of likely N-dealkylation sites (tertiary alicyclic amines) is 1. The zero-order valence-corrected chi connectivity index (χ0v) is 15.3. The molecule has 1 atom stereocenters. The molecule has 3 aromatic rings. The fourth-order valence-electron chi connectivity index (χ4n) is 4.11. The Balaban J connectivity index is 1.56. The molecule has 2 aromatic heterocycles. The summed E-state index contributed by atoms with van der Waals surface area (Å²) in [5, 5.41) is 8.96. The second-order valence-electron chi connectivity index (χ2n) is 7.69. The molecule has 3 heterocycles. The molecule has 5 rings (SSSR count). The first-order valence-corrected chi connectivity index (χ1v) is 9.80. The summed E-state index contributed by atoms with van der Waals surface area (Å²) >= 11 is 0. The molecular weight excluding hydrogens is 338 g/mol. The lowest BCUT2D eigenvalue weighted by Crippen LogP contribution is -2.32. The van der Waals surface area contributed by atoms with Crippen molar-refractivity contribution in [3.05, 3.63) is 64.5 Å². The highest BCUT2D eigenvalue weighted by atomic mass is 16.1. The van der Waals surface area contributed by atoms with E-state index in [0.29, 0.717) is 5.92 Å². The van der Waals surface area contributed by atoms with Crippen LogP contribution in [-0.2, 0) is 13.1 Å². The van der Waals surface area contributed by atoms with Crippen molar-refractivity contribution in [1.82, 2.24) is 24.6 Å². The maximum atomic E-state index is 13.2. The van der Waals surface area contributed by atoms with Gasteiger partial charge in [-0.15, -0.1) is 0 Å². The van der Waals surface area contributed by atoms with Crippen LogP contribution in [0.15, 0.2) is 47.4 Å². The van der Waals surface area contributed by atoms with Crippen molar-refractivity contribution < 1.29 is 0 Å².